The molecule has 2 nitrogen and oxygen atoms in total. The van der Waals surface area contributed by atoms with Crippen LogP contribution in [0.2, 0.25) is 0 Å². The molecule has 0 unspecified atom stereocenters. The van der Waals surface area contributed by atoms with Gasteiger partial charge in [0.25, 0.3) is 0 Å². The van der Waals surface area contributed by atoms with Gasteiger partial charge in [-0.2, -0.15) is 0 Å². The second-order valence-electron chi connectivity index (χ2n) is 2.56. The molecule has 0 fully saturated rings. The van der Waals surface area contributed by atoms with Gasteiger partial charge in [-0.25, -0.2) is 0 Å². The normalized spacial score (nSPS) is 8.08. The van der Waals surface area contributed by atoms with Crippen LogP contribution in [-0.4, -0.2) is 65.7 Å². The van der Waals surface area contributed by atoms with E-state index < -0.39 is 5.97 Å². The molecule has 0 aliphatic rings. The molecule has 4 heteroatoms. The number of rotatable bonds is 6. The first-order chi connectivity index (χ1) is 4.77. The first-order valence-corrected chi connectivity index (χ1v) is 3.99. The van der Waals surface area contributed by atoms with Crippen molar-refractivity contribution in [3.05, 3.63) is 0 Å². The van der Waals surface area contributed by atoms with E-state index in [4.69, 9.17) is 5.11 Å². The van der Waals surface area contributed by atoms with Crippen LogP contribution in [0.15, 0.2) is 0 Å². The van der Waals surface area contributed by atoms with Gasteiger partial charge in [0, 0.05) is 6.42 Å². The third-order valence-corrected chi connectivity index (χ3v) is 1.49. The van der Waals surface area contributed by atoms with E-state index in [0.29, 0.717) is 6.42 Å². The Hall–Kier alpha value is 1.31. The Balaban J connectivity index is -0.000000405. The summed E-state index contributed by atoms with van der Waals surface area (Å²) in [4.78, 5) is 10.0. The Labute approximate surface area is 115 Å². The quantitative estimate of drug-likeness (QED) is 0.381. The van der Waals surface area contributed by atoms with Crippen LogP contribution in [-0.2, 0) is 4.79 Å². The molecule has 0 aliphatic heterocycles. The zero-order chi connectivity index (χ0) is 7.82. The predicted octanol–water partition coefficient (Wildman–Crippen LogP) is 0.599. The molecule has 0 aromatic carbocycles. The SMILES string of the molecule is CCCCCCCC(=O)O.[PbH2].[PbH2]. The van der Waals surface area contributed by atoms with Gasteiger partial charge in [-0.3, -0.25) is 4.79 Å². The number of aliphatic carboxylic acids is 1. The molecule has 0 aromatic heterocycles. The molecule has 0 rings (SSSR count). The third kappa shape index (κ3) is 17.4. The molecule has 0 aromatic rings. The van der Waals surface area contributed by atoms with Gasteiger partial charge in [0.05, 0.1) is 0 Å². The summed E-state index contributed by atoms with van der Waals surface area (Å²) < 4.78 is 0. The summed E-state index contributed by atoms with van der Waals surface area (Å²) in [5.74, 6) is -0.670. The van der Waals surface area contributed by atoms with Crippen LogP contribution in [0.3, 0.4) is 0 Å². The van der Waals surface area contributed by atoms with Crippen molar-refractivity contribution in [1.29, 1.82) is 0 Å². The second-order valence-corrected chi connectivity index (χ2v) is 2.56. The van der Waals surface area contributed by atoms with Crippen LogP contribution in [0.1, 0.15) is 45.4 Å². The van der Waals surface area contributed by atoms with Gasteiger partial charge >= 0.3 is 60.6 Å². The van der Waals surface area contributed by atoms with Crippen molar-refractivity contribution in [2.45, 2.75) is 45.4 Å². The summed E-state index contributed by atoms with van der Waals surface area (Å²) in [6, 6.07) is 0. The number of carboxylic acids is 1. The molecule has 1 N–H and O–H groups in total. The van der Waals surface area contributed by atoms with E-state index in [-0.39, 0.29) is 54.6 Å². The third-order valence-electron chi connectivity index (χ3n) is 1.49. The maximum atomic E-state index is 10.0. The van der Waals surface area contributed by atoms with Crippen LogP contribution in [0.25, 0.3) is 0 Å². The first kappa shape index (κ1) is 19.0. The molecule has 4 radical (unpaired) electrons. The van der Waals surface area contributed by atoms with Crippen molar-refractivity contribution >= 4 is 60.6 Å². The van der Waals surface area contributed by atoms with Crippen molar-refractivity contribution in [2.24, 2.45) is 0 Å². The molecule has 0 saturated heterocycles. The summed E-state index contributed by atoms with van der Waals surface area (Å²) in [7, 11) is 0. The molecule has 0 bridgehead atoms. The van der Waals surface area contributed by atoms with Gasteiger partial charge in [-0.05, 0) is 6.42 Å². The Kier molecular flexibility index (Phi) is 23.4. The van der Waals surface area contributed by atoms with Gasteiger partial charge < -0.3 is 5.11 Å². The molecular weight excluding hydrogens is 542 g/mol. The molecule has 0 heterocycles. The van der Waals surface area contributed by atoms with Crippen LogP contribution in [0, 0.1) is 0 Å². The monoisotopic (exact) mass is 564 g/mol. The fourth-order valence-corrected chi connectivity index (χ4v) is 0.880. The van der Waals surface area contributed by atoms with Crippen LogP contribution >= 0.6 is 0 Å². The van der Waals surface area contributed by atoms with Crippen molar-refractivity contribution in [3.63, 3.8) is 0 Å². The van der Waals surface area contributed by atoms with Crippen molar-refractivity contribution in [2.75, 3.05) is 0 Å². The molecule has 12 heavy (non-hydrogen) atoms. The number of carboxylic acid groups (broad SMARTS) is 1. The zero-order valence-electron chi connectivity index (χ0n) is 8.01. The number of hydrogen-bond acceptors (Lipinski definition) is 1. The Morgan fingerprint density at radius 1 is 1.08 bits per heavy atom. The molecule has 0 spiro atoms. The minimum absolute atomic E-state index is 0. The summed E-state index contributed by atoms with van der Waals surface area (Å²) in [6.45, 7) is 2.15. The fourth-order valence-electron chi connectivity index (χ4n) is 0.880. The standard InChI is InChI=1S/C8H16O2.2Pb.4H/c1-2-3-4-5-6-7-8(9)10;;;;;;/h2-7H2,1H3,(H,9,10);;;;;;. The predicted molar refractivity (Wildman–Crippen MR) is 58.1 cm³/mol. The second kappa shape index (κ2) is 14.8. The fraction of sp³-hybridized carbons (Fsp3) is 0.875. The van der Waals surface area contributed by atoms with Crippen molar-refractivity contribution < 1.29 is 9.90 Å². The van der Waals surface area contributed by atoms with E-state index in [1.807, 2.05) is 0 Å². The molecule has 72 valence electrons. The first-order valence-electron chi connectivity index (χ1n) is 3.99. The molecule has 0 atom stereocenters. The molecule has 0 aliphatic carbocycles. The van der Waals surface area contributed by atoms with Crippen molar-refractivity contribution in [1.82, 2.24) is 0 Å². The average molecular weight is 563 g/mol. The topological polar surface area (TPSA) is 37.3 Å². The Bertz CT molecular complexity index is 97.1. The Morgan fingerprint density at radius 3 is 2.00 bits per heavy atom. The van der Waals surface area contributed by atoms with Gasteiger partial charge in [0.1, 0.15) is 0 Å². The summed E-state index contributed by atoms with van der Waals surface area (Å²) in [5.41, 5.74) is 0. The number of unbranched alkanes of at least 4 members (excludes halogenated alkanes) is 4. The zero-order valence-corrected chi connectivity index (χ0v) is 19.0. The van der Waals surface area contributed by atoms with Gasteiger partial charge in [0.15, 0.2) is 0 Å². The van der Waals surface area contributed by atoms with Crippen molar-refractivity contribution in [3.8, 4) is 0 Å². The van der Waals surface area contributed by atoms with E-state index in [1.165, 1.54) is 19.3 Å². The number of carbonyl (C=O) groups is 1. The summed E-state index contributed by atoms with van der Waals surface area (Å²) in [6.07, 6.45) is 5.88. The average Bonchev–Trinajstić information content (AvgIpc) is 1.87. The van der Waals surface area contributed by atoms with Gasteiger partial charge in [-0.1, -0.05) is 32.6 Å². The van der Waals surface area contributed by atoms with Crippen LogP contribution < -0.4 is 0 Å². The van der Waals surface area contributed by atoms with E-state index in [0.717, 1.165) is 12.8 Å². The molecular formula is C8H20O2Pb2. The number of hydrogen-bond donors (Lipinski definition) is 1. The molecule has 0 amide bonds. The van der Waals surface area contributed by atoms with E-state index in [2.05, 4.69) is 6.92 Å². The van der Waals surface area contributed by atoms with E-state index in [1.54, 1.807) is 0 Å². The van der Waals surface area contributed by atoms with Crippen LogP contribution in [0.5, 0.6) is 0 Å². The minimum atomic E-state index is -0.670. The Morgan fingerprint density at radius 2 is 1.58 bits per heavy atom. The van der Waals surface area contributed by atoms with Crippen LogP contribution in [0.4, 0.5) is 0 Å². The maximum absolute atomic E-state index is 10.0. The summed E-state index contributed by atoms with van der Waals surface area (Å²) in [5, 5.41) is 8.27. The molecule has 0 saturated carbocycles. The van der Waals surface area contributed by atoms with Gasteiger partial charge in [0.2, 0.25) is 0 Å². The summed E-state index contributed by atoms with van der Waals surface area (Å²) >= 11 is 0. The van der Waals surface area contributed by atoms with E-state index in [9.17, 15) is 4.79 Å². The van der Waals surface area contributed by atoms with E-state index >= 15 is 0 Å². The van der Waals surface area contributed by atoms with Gasteiger partial charge in [-0.15, -0.1) is 0 Å².